The fourth-order valence-electron chi connectivity index (χ4n) is 3.14. The third-order valence-corrected chi connectivity index (χ3v) is 9.09. The first-order chi connectivity index (χ1) is 20.9. The van der Waals surface area contributed by atoms with E-state index in [2.05, 4.69) is 80.1 Å². The lowest BCUT2D eigenvalue weighted by atomic mass is 10.2. The lowest BCUT2D eigenvalue weighted by Gasteiger charge is -2.22. The molecule has 0 saturated carbocycles. The van der Waals surface area contributed by atoms with Crippen LogP contribution in [0.4, 0.5) is 5.69 Å². The summed E-state index contributed by atoms with van der Waals surface area (Å²) in [6.45, 7) is 16.7. The molecule has 44 heavy (non-hydrogen) atoms. The van der Waals surface area contributed by atoms with E-state index in [4.69, 9.17) is 23.7 Å². The van der Waals surface area contributed by atoms with Crippen LogP contribution in [-0.2, 0) is 28.5 Å². The molecule has 2 amide bonds. The number of anilines is 1. The molecule has 2 atom stereocenters. The Bertz CT molecular complexity index is 949. The van der Waals surface area contributed by atoms with E-state index in [0.717, 1.165) is 6.54 Å². The maximum absolute atomic E-state index is 12.4. The van der Waals surface area contributed by atoms with Gasteiger partial charge in [-0.3, -0.25) is 9.59 Å². The number of carbonyl (C=O) groups excluding carboxylic acids is 2. The summed E-state index contributed by atoms with van der Waals surface area (Å²) >= 11 is 2.30. The van der Waals surface area contributed by atoms with Gasteiger partial charge >= 0.3 is 0 Å². The lowest BCUT2D eigenvalue weighted by Crippen LogP contribution is -2.28. The van der Waals surface area contributed by atoms with Gasteiger partial charge in [-0.15, -0.1) is 0 Å². The number of nitrogens with one attached hydrogen (secondary N) is 3. The van der Waals surface area contributed by atoms with Crippen LogP contribution in [0, 0.1) is 5.92 Å². The highest BCUT2D eigenvalue weighted by Crippen LogP contribution is 2.38. The SMILES string of the molecule is CC(C)/C=C/CNC(=O)COCCOC(COc1cccc(NC(=O)CCOCCOCCN[C@H](C)I)c1)SSC(C)(C)C. The Morgan fingerprint density at radius 2 is 1.70 bits per heavy atom. The van der Waals surface area contributed by atoms with Crippen molar-refractivity contribution in [3.8, 4) is 5.75 Å². The second-order valence-electron chi connectivity index (χ2n) is 11.1. The summed E-state index contributed by atoms with van der Waals surface area (Å²) in [5.74, 6) is 0.774. The maximum atomic E-state index is 12.4. The topological polar surface area (TPSA) is 116 Å². The van der Waals surface area contributed by atoms with Gasteiger partial charge in [0.05, 0.1) is 50.1 Å². The van der Waals surface area contributed by atoms with Gasteiger partial charge in [0.2, 0.25) is 11.8 Å². The quantitative estimate of drug-likeness (QED) is 0.0219. The van der Waals surface area contributed by atoms with Crippen LogP contribution in [0.5, 0.6) is 5.75 Å². The van der Waals surface area contributed by atoms with Crippen LogP contribution in [0.3, 0.4) is 0 Å². The van der Waals surface area contributed by atoms with Crippen LogP contribution in [0.2, 0.25) is 0 Å². The molecular weight excluding hydrogens is 717 g/mol. The van der Waals surface area contributed by atoms with Crippen molar-refractivity contribution in [2.45, 2.75) is 62.2 Å². The van der Waals surface area contributed by atoms with Crippen LogP contribution in [0.15, 0.2) is 36.4 Å². The van der Waals surface area contributed by atoms with Gasteiger partial charge in [0.15, 0.2) is 0 Å². The van der Waals surface area contributed by atoms with Gasteiger partial charge < -0.3 is 39.6 Å². The number of alkyl halides is 1. The third-order valence-electron chi connectivity index (χ3n) is 5.13. The number of allylic oxidation sites excluding steroid dienone is 1. The number of hydrogen-bond acceptors (Lipinski definition) is 10. The molecule has 0 radical (unpaired) electrons. The maximum Gasteiger partial charge on any atom is 0.246 e. The molecule has 0 spiro atoms. The monoisotopic (exact) mass is 769 g/mol. The standard InChI is InChI=1S/C31H52IN3O7S2/c1-24(2)9-8-13-34-29(37)22-40-19-20-41-30(43-44-31(4,5)6)23-42-27-11-7-10-26(21-27)35-28(36)12-15-38-17-18-39-16-14-33-25(3)32/h7-11,21,24-25,30,33H,12-20,22-23H2,1-6H3,(H,34,37)(H,35,36)/b9-8+/t25-,30?/m1/s1. The molecule has 1 aromatic rings. The third kappa shape index (κ3) is 25.2. The average Bonchev–Trinajstić information content (AvgIpc) is 2.94. The molecule has 0 aromatic heterocycles. The van der Waals surface area contributed by atoms with Crippen molar-refractivity contribution in [1.29, 1.82) is 0 Å². The predicted octanol–water partition coefficient (Wildman–Crippen LogP) is 5.67. The zero-order valence-corrected chi connectivity index (χ0v) is 30.8. The molecule has 252 valence electrons. The largest absolute Gasteiger partial charge is 0.490 e. The zero-order chi connectivity index (χ0) is 32.6. The van der Waals surface area contributed by atoms with Gasteiger partial charge in [0.1, 0.15) is 24.4 Å². The molecule has 3 N–H and O–H groups in total. The molecule has 0 aliphatic rings. The number of amides is 2. The molecule has 0 fully saturated rings. The second-order valence-corrected chi connectivity index (χ2v) is 16.1. The summed E-state index contributed by atoms with van der Waals surface area (Å²) in [5.41, 5.74) is 0.386. The minimum atomic E-state index is -0.261. The van der Waals surface area contributed by atoms with Crippen LogP contribution < -0.4 is 20.7 Å². The number of halogens is 1. The first-order valence-corrected chi connectivity index (χ1v) is 18.4. The fraction of sp³-hybridized carbons (Fsp3) is 0.677. The average molecular weight is 770 g/mol. The molecule has 10 nitrogen and oxygen atoms in total. The van der Waals surface area contributed by atoms with Crippen molar-refractivity contribution in [1.82, 2.24) is 10.6 Å². The van der Waals surface area contributed by atoms with Crippen molar-refractivity contribution >= 4 is 61.7 Å². The normalized spacial score (nSPS) is 13.3. The van der Waals surface area contributed by atoms with Crippen molar-refractivity contribution in [3.05, 3.63) is 36.4 Å². The molecule has 1 aromatic carbocycles. The summed E-state index contributed by atoms with van der Waals surface area (Å²) in [4.78, 5) is 24.3. The van der Waals surface area contributed by atoms with E-state index in [9.17, 15) is 9.59 Å². The number of hydrogen-bond donors (Lipinski definition) is 3. The summed E-state index contributed by atoms with van der Waals surface area (Å²) in [7, 11) is 3.30. The van der Waals surface area contributed by atoms with Crippen molar-refractivity contribution in [2.24, 2.45) is 5.92 Å². The van der Waals surface area contributed by atoms with Gasteiger partial charge in [-0.25, -0.2) is 0 Å². The van der Waals surface area contributed by atoms with E-state index in [1.807, 2.05) is 30.4 Å². The number of ether oxygens (including phenoxy) is 5. The van der Waals surface area contributed by atoms with E-state index >= 15 is 0 Å². The molecule has 0 saturated heterocycles. The van der Waals surface area contributed by atoms with Crippen LogP contribution >= 0.6 is 44.2 Å². The highest BCUT2D eigenvalue weighted by molar-refractivity contribution is 14.1. The zero-order valence-electron chi connectivity index (χ0n) is 27.0. The molecule has 0 heterocycles. The molecule has 0 aliphatic carbocycles. The minimum Gasteiger partial charge on any atom is -0.490 e. The number of benzene rings is 1. The van der Waals surface area contributed by atoms with Gasteiger partial charge in [0.25, 0.3) is 0 Å². The summed E-state index contributed by atoms with van der Waals surface area (Å²) in [6, 6.07) is 7.27. The lowest BCUT2D eigenvalue weighted by molar-refractivity contribution is -0.126. The van der Waals surface area contributed by atoms with Crippen molar-refractivity contribution < 1.29 is 33.3 Å². The molecule has 1 rings (SSSR count). The number of rotatable bonds is 25. The van der Waals surface area contributed by atoms with Gasteiger partial charge in [0, 0.05) is 29.6 Å². The van der Waals surface area contributed by atoms with Crippen LogP contribution in [0.1, 0.15) is 48.0 Å². The summed E-state index contributed by atoms with van der Waals surface area (Å²) in [6.07, 6.45) is 4.22. The van der Waals surface area contributed by atoms with Crippen LogP contribution in [-0.4, -0.2) is 92.0 Å². The van der Waals surface area contributed by atoms with Crippen molar-refractivity contribution in [3.63, 3.8) is 0 Å². The minimum absolute atomic E-state index is 0.0146. The van der Waals surface area contributed by atoms with E-state index in [-0.39, 0.29) is 35.0 Å². The Morgan fingerprint density at radius 1 is 0.977 bits per heavy atom. The predicted molar refractivity (Wildman–Crippen MR) is 191 cm³/mol. The fourth-order valence-corrected chi connectivity index (χ4v) is 5.64. The number of carbonyl (C=O) groups is 2. The summed E-state index contributed by atoms with van der Waals surface area (Å²) in [5, 5.41) is 8.96. The molecule has 0 aliphatic heterocycles. The van der Waals surface area contributed by atoms with Crippen molar-refractivity contribution in [2.75, 3.05) is 71.3 Å². The Labute approximate surface area is 285 Å². The first-order valence-electron chi connectivity index (χ1n) is 15.0. The Hall–Kier alpha value is -1.07. The summed E-state index contributed by atoms with van der Waals surface area (Å²) < 4.78 is 29.0. The molecular formula is C31H52IN3O7S2. The second kappa shape index (κ2) is 25.1. The highest BCUT2D eigenvalue weighted by atomic mass is 127. The first kappa shape index (κ1) is 41.0. The Balaban J connectivity index is 2.38. The Morgan fingerprint density at radius 3 is 2.41 bits per heavy atom. The van der Waals surface area contributed by atoms with E-state index in [1.54, 1.807) is 27.7 Å². The molecule has 1 unspecified atom stereocenters. The molecule has 13 heteroatoms. The van der Waals surface area contributed by atoms with E-state index < -0.39 is 0 Å². The highest BCUT2D eigenvalue weighted by Gasteiger charge is 2.18. The van der Waals surface area contributed by atoms with Crippen LogP contribution in [0.25, 0.3) is 0 Å². The van der Waals surface area contributed by atoms with E-state index in [0.29, 0.717) is 74.2 Å². The molecule has 0 bridgehead atoms. The smallest absolute Gasteiger partial charge is 0.246 e. The van der Waals surface area contributed by atoms with Gasteiger partial charge in [-0.05, 0) is 25.0 Å². The van der Waals surface area contributed by atoms with Gasteiger partial charge in [-0.2, -0.15) is 0 Å². The van der Waals surface area contributed by atoms with Gasteiger partial charge in [-0.1, -0.05) is 97.0 Å². The van der Waals surface area contributed by atoms with E-state index in [1.165, 1.54) is 0 Å². The Kier molecular flexibility index (Phi) is 23.3.